The van der Waals surface area contributed by atoms with E-state index in [1.807, 2.05) is 18.2 Å². The number of carbonyl (C=O) groups excluding carboxylic acids is 1. The third kappa shape index (κ3) is 4.43. The molecule has 0 atom stereocenters. The Morgan fingerprint density at radius 2 is 2.00 bits per heavy atom. The minimum absolute atomic E-state index is 0.177. The molecule has 2 aromatic rings. The molecule has 0 aliphatic rings. The summed E-state index contributed by atoms with van der Waals surface area (Å²) in [6, 6.07) is 5.55. The molecule has 0 aliphatic heterocycles. The molecular formula is C16H20N2O4S. The number of aromatic nitrogens is 1. The molecule has 0 saturated carbocycles. The Morgan fingerprint density at radius 3 is 2.70 bits per heavy atom. The molecule has 0 bridgehead atoms. The van der Waals surface area contributed by atoms with Crippen LogP contribution in [-0.2, 0) is 4.74 Å². The van der Waals surface area contributed by atoms with E-state index in [9.17, 15) is 4.79 Å². The first-order chi connectivity index (χ1) is 11.2. The molecule has 6 nitrogen and oxygen atoms in total. The zero-order valence-electron chi connectivity index (χ0n) is 13.4. The second kappa shape index (κ2) is 8.50. The van der Waals surface area contributed by atoms with Crippen LogP contribution in [0.2, 0.25) is 0 Å². The fourth-order valence-electron chi connectivity index (χ4n) is 1.99. The maximum absolute atomic E-state index is 12.0. The highest BCUT2D eigenvalue weighted by Crippen LogP contribution is 2.33. The van der Waals surface area contributed by atoms with Gasteiger partial charge in [-0.1, -0.05) is 0 Å². The molecule has 1 N–H and O–H groups in total. The Balaban J connectivity index is 2.08. The number of carbonyl (C=O) groups is 1. The molecule has 0 unspecified atom stereocenters. The van der Waals surface area contributed by atoms with Crippen molar-refractivity contribution in [2.45, 2.75) is 6.42 Å². The molecule has 124 valence electrons. The van der Waals surface area contributed by atoms with E-state index in [1.54, 1.807) is 26.7 Å². The van der Waals surface area contributed by atoms with Crippen molar-refractivity contribution in [3.63, 3.8) is 0 Å². The third-order valence-electron chi connectivity index (χ3n) is 3.18. The van der Waals surface area contributed by atoms with Gasteiger partial charge >= 0.3 is 0 Å². The first-order valence-corrected chi connectivity index (χ1v) is 8.02. The van der Waals surface area contributed by atoms with Crippen LogP contribution in [0, 0.1) is 0 Å². The molecule has 23 heavy (non-hydrogen) atoms. The lowest BCUT2D eigenvalue weighted by atomic mass is 10.2. The summed E-state index contributed by atoms with van der Waals surface area (Å²) in [5.74, 6) is 1.11. The lowest BCUT2D eigenvalue weighted by molar-refractivity contribution is 0.0944. The summed E-state index contributed by atoms with van der Waals surface area (Å²) in [7, 11) is 4.81. The first kappa shape index (κ1) is 17.2. The Bertz CT molecular complexity index is 657. The third-order valence-corrected chi connectivity index (χ3v) is 4.07. The van der Waals surface area contributed by atoms with E-state index in [1.165, 1.54) is 11.3 Å². The van der Waals surface area contributed by atoms with Gasteiger partial charge in [-0.25, -0.2) is 4.98 Å². The lowest BCUT2D eigenvalue weighted by Crippen LogP contribution is -2.25. The molecule has 0 saturated heterocycles. The highest BCUT2D eigenvalue weighted by atomic mass is 32.1. The molecule has 1 amide bonds. The van der Waals surface area contributed by atoms with Gasteiger partial charge < -0.3 is 19.5 Å². The van der Waals surface area contributed by atoms with E-state index in [4.69, 9.17) is 14.2 Å². The number of hydrogen-bond acceptors (Lipinski definition) is 6. The van der Waals surface area contributed by atoms with Crippen LogP contribution in [0.5, 0.6) is 11.5 Å². The largest absolute Gasteiger partial charge is 0.493 e. The van der Waals surface area contributed by atoms with Gasteiger partial charge in [0.25, 0.3) is 5.91 Å². The molecule has 0 spiro atoms. The van der Waals surface area contributed by atoms with Crippen molar-refractivity contribution in [1.29, 1.82) is 0 Å². The predicted molar refractivity (Wildman–Crippen MR) is 89.5 cm³/mol. The van der Waals surface area contributed by atoms with Crippen LogP contribution < -0.4 is 14.8 Å². The predicted octanol–water partition coefficient (Wildman–Crippen LogP) is 2.59. The van der Waals surface area contributed by atoms with Gasteiger partial charge in [-0.3, -0.25) is 4.79 Å². The summed E-state index contributed by atoms with van der Waals surface area (Å²) in [5.41, 5.74) is 1.29. The summed E-state index contributed by atoms with van der Waals surface area (Å²) >= 11 is 1.41. The fraction of sp³-hybridized carbons (Fsp3) is 0.375. The van der Waals surface area contributed by atoms with Crippen LogP contribution in [0.3, 0.4) is 0 Å². The Kier molecular flexibility index (Phi) is 6.37. The van der Waals surface area contributed by atoms with E-state index in [0.29, 0.717) is 30.3 Å². The zero-order valence-corrected chi connectivity index (χ0v) is 14.2. The van der Waals surface area contributed by atoms with Crippen LogP contribution in [0.4, 0.5) is 0 Å². The Morgan fingerprint density at radius 1 is 1.22 bits per heavy atom. The van der Waals surface area contributed by atoms with Gasteiger partial charge in [-0.05, 0) is 24.6 Å². The van der Waals surface area contributed by atoms with Gasteiger partial charge in [0.1, 0.15) is 10.7 Å². The van der Waals surface area contributed by atoms with Crippen molar-refractivity contribution in [2.24, 2.45) is 0 Å². The highest BCUT2D eigenvalue weighted by molar-refractivity contribution is 7.13. The summed E-state index contributed by atoms with van der Waals surface area (Å²) in [4.78, 5) is 16.4. The number of nitrogens with zero attached hydrogens (tertiary/aromatic N) is 1. The smallest absolute Gasteiger partial charge is 0.270 e. The van der Waals surface area contributed by atoms with Gasteiger partial charge in [0.15, 0.2) is 11.5 Å². The van der Waals surface area contributed by atoms with Gasteiger partial charge in [-0.2, -0.15) is 0 Å². The molecule has 7 heteroatoms. The van der Waals surface area contributed by atoms with Crippen molar-refractivity contribution < 1.29 is 19.0 Å². The molecule has 1 heterocycles. The minimum atomic E-state index is -0.177. The number of rotatable bonds is 8. The first-order valence-electron chi connectivity index (χ1n) is 7.14. The number of thiazole rings is 1. The Labute approximate surface area is 139 Å². The van der Waals surface area contributed by atoms with E-state index >= 15 is 0 Å². The number of nitrogens with one attached hydrogen (secondary N) is 1. The number of hydrogen-bond donors (Lipinski definition) is 1. The van der Waals surface area contributed by atoms with Gasteiger partial charge in [0.05, 0.1) is 14.2 Å². The van der Waals surface area contributed by atoms with E-state index in [0.717, 1.165) is 17.0 Å². The standard InChI is InChI=1S/C16H20N2O4S/c1-20-8-4-7-17-15(19)12-10-23-16(18-12)11-5-6-13(21-2)14(9-11)22-3/h5-6,9-10H,4,7-8H2,1-3H3,(H,17,19). The van der Waals surface area contributed by atoms with Gasteiger partial charge in [0, 0.05) is 31.2 Å². The van der Waals surface area contributed by atoms with E-state index in [2.05, 4.69) is 10.3 Å². The average Bonchev–Trinajstić information content (AvgIpc) is 3.08. The summed E-state index contributed by atoms with van der Waals surface area (Å²) in [6.07, 6.45) is 0.773. The van der Waals surface area contributed by atoms with Crippen LogP contribution in [0.25, 0.3) is 10.6 Å². The highest BCUT2D eigenvalue weighted by Gasteiger charge is 2.13. The van der Waals surface area contributed by atoms with Crippen molar-refractivity contribution in [1.82, 2.24) is 10.3 Å². The van der Waals surface area contributed by atoms with E-state index < -0.39 is 0 Å². The average molecular weight is 336 g/mol. The van der Waals surface area contributed by atoms with Gasteiger partial charge in [-0.15, -0.1) is 11.3 Å². The van der Waals surface area contributed by atoms with Crippen molar-refractivity contribution in [3.8, 4) is 22.1 Å². The summed E-state index contributed by atoms with van der Waals surface area (Å²) < 4.78 is 15.5. The maximum atomic E-state index is 12.0. The zero-order chi connectivity index (χ0) is 16.7. The maximum Gasteiger partial charge on any atom is 0.270 e. The fourth-order valence-corrected chi connectivity index (χ4v) is 2.79. The second-order valence-electron chi connectivity index (χ2n) is 4.71. The summed E-state index contributed by atoms with van der Waals surface area (Å²) in [5, 5.41) is 5.33. The molecule has 1 aromatic carbocycles. The SMILES string of the molecule is COCCCNC(=O)c1csc(-c2ccc(OC)c(OC)c2)n1. The van der Waals surface area contributed by atoms with Crippen LogP contribution in [0.15, 0.2) is 23.6 Å². The molecular weight excluding hydrogens is 316 g/mol. The van der Waals surface area contributed by atoms with Crippen LogP contribution in [0.1, 0.15) is 16.9 Å². The van der Waals surface area contributed by atoms with Crippen LogP contribution in [-0.4, -0.2) is 45.4 Å². The second-order valence-corrected chi connectivity index (χ2v) is 5.57. The number of amides is 1. The number of methoxy groups -OCH3 is 3. The van der Waals surface area contributed by atoms with Gasteiger partial charge in [0.2, 0.25) is 0 Å². The lowest BCUT2D eigenvalue weighted by Gasteiger charge is -2.08. The van der Waals surface area contributed by atoms with Crippen LogP contribution >= 0.6 is 11.3 Å². The quantitative estimate of drug-likeness (QED) is 0.750. The Hall–Kier alpha value is -2.12. The molecule has 0 radical (unpaired) electrons. The van der Waals surface area contributed by atoms with E-state index in [-0.39, 0.29) is 5.91 Å². The monoisotopic (exact) mass is 336 g/mol. The van der Waals surface area contributed by atoms with Crippen molar-refractivity contribution >= 4 is 17.2 Å². The molecule has 1 aromatic heterocycles. The minimum Gasteiger partial charge on any atom is -0.493 e. The number of benzene rings is 1. The molecule has 2 rings (SSSR count). The molecule has 0 aliphatic carbocycles. The topological polar surface area (TPSA) is 69.7 Å². The summed E-state index contributed by atoms with van der Waals surface area (Å²) in [6.45, 7) is 1.18. The number of ether oxygens (including phenoxy) is 3. The molecule has 0 fully saturated rings. The normalized spacial score (nSPS) is 10.4. The van der Waals surface area contributed by atoms with Crippen molar-refractivity contribution in [2.75, 3.05) is 34.5 Å². The van der Waals surface area contributed by atoms with Crippen molar-refractivity contribution in [3.05, 3.63) is 29.3 Å².